The van der Waals surface area contributed by atoms with Crippen molar-refractivity contribution in [1.29, 1.82) is 0 Å². The van der Waals surface area contributed by atoms with Crippen LogP contribution in [0.5, 0.6) is 0 Å². The minimum absolute atomic E-state index is 0.0698. The number of sulfonamides is 1. The quantitative estimate of drug-likeness (QED) is 0.445. The van der Waals surface area contributed by atoms with E-state index in [0.717, 1.165) is 0 Å². The number of carbonyl (C=O) groups is 1. The summed E-state index contributed by atoms with van der Waals surface area (Å²) in [4.78, 5) is 24.7. The van der Waals surface area contributed by atoms with E-state index < -0.39 is 38.2 Å². The van der Waals surface area contributed by atoms with E-state index in [0.29, 0.717) is 28.1 Å². The maximum absolute atomic E-state index is 13.8. The summed E-state index contributed by atoms with van der Waals surface area (Å²) in [6.45, 7) is 4.97. The fourth-order valence-electron chi connectivity index (χ4n) is 5.25. The van der Waals surface area contributed by atoms with Gasteiger partial charge in [0.05, 0.1) is 34.7 Å². The summed E-state index contributed by atoms with van der Waals surface area (Å²) < 4.78 is 74.2. The third-order valence-electron chi connectivity index (χ3n) is 6.95. The standard InChI is InChI=1S/C24H25F3N6O5S/c1-13-5-6-15(7-16(13)18-8-29-20(28)19(30-18)17-9-32(4)31-14(17)2)39(35,36)33(38-21(34)24(25,26)27)23-10-22(3,11-23)37-12-23/h5-9H,10-12H2,1-4H3,(H2,28,29). The van der Waals surface area contributed by atoms with Crippen molar-refractivity contribution in [1.82, 2.24) is 24.2 Å². The molecule has 1 saturated carbocycles. The molecule has 2 saturated heterocycles. The molecule has 15 heteroatoms. The number of hydrogen-bond donors (Lipinski definition) is 1. The molecule has 3 fully saturated rings. The van der Waals surface area contributed by atoms with Crippen molar-refractivity contribution >= 4 is 21.8 Å². The summed E-state index contributed by atoms with van der Waals surface area (Å²) in [5, 5.41) is 4.28. The van der Waals surface area contributed by atoms with Crippen LogP contribution in [0.15, 0.2) is 35.5 Å². The Morgan fingerprint density at radius 2 is 1.92 bits per heavy atom. The Balaban J connectivity index is 1.58. The lowest BCUT2D eigenvalue weighted by Gasteiger charge is -2.46. The minimum atomic E-state index is -5.41. The van der Waals surface area contributed by atoms with Crippen LogP contribution in [0.25, 0.3) is 22.5 Å². The van der Waals surface area contributed by atoms with Crippen LogP contribution in [0.3, 0.4) is 0 Å². The first-order valence-electron chi connectivity index (χ1n) is 11.8. The van der Waals surface area contributed by atoms with Crippen molar-refractivity contribution in [3.63, 3.8) is 0 Å². The summed E-state index contributed by atoms with van der Waals surface area (Å²) in [5.41, 5.74) is 6.74. The third kappa shape index (κ3) is 4.53. The molecular weight excluding hydrogens is 541 g/mol. The number of benzene rings is 1. The molecule has 0 amide bonds. The number of aryl methyl sites for hydroxylation is 3. The molecule has 0 radical (unpaired) electrons. The number of halogens is 3. The van der Waals surface area contributed by atoms with Crippen LogP contribution in [0.2, 0.25) is 0 Å². The van der Waals surface area contributed by atoms with Gasteiger partial charge < -0.3 is 15.3 Å². The van der Waals surface area contributed by atoms with Gasteiger partial charge in [0.2, 0.25) is 0 Å². The van der Waals surface area contributed by atoms with Crippen LogP contribution < -0.4 is 5.73 Å². The fourth-order valence-corrected chi connectivity index (χ4v) is 6.81. The zero-order valence-corrected chi connectivity index (χ0v) is 22.2. The van der Waals surface area contributed by atoms with Crippen molar-refractivity contribution < 1.29 is 36.0 Å². The van der Waals surface area contributed by atoms with Crippen LogP contribution >= 0.6 is 0 Å². The van der Waals surface area contributed by atoms with Gasteiger partial charge in [0.1, 0.15) is 17.1 Å². The summed E-state index contributed by atoms with van der Waals surface area (Å²) in [5.74, 6) is -2.51. The van der Waals surface area contributed by atoms with Gasteiger partial charge in [-0.1, -0.05) is 6.07 Å². The molecule has 0 atom stereocenters. The highest BCUT2D eigenvalue weighted by Crippen LogP contribution is 2.56. The number of fused-ring (bicyclic) bond motifs is 1. The molecule has 3 aromatic rings. The lowest BCUT2D eigenvalue weighted by molar-refractivity contribution is -0.238. The van der Waals surface area contributed by atoms with E-state index in [9.17, 15) is 26.4 Å². The molecule has 4 heterocycles. The smallest absolute Gasteiger partial charge is 0.382 e. The predicted molar refractivity (Wildman–Crippen MR) is 131 cm³/mol. The first kappa shape index (κ1) is 27.0. The summed E-state index contributed by atoms with van der Waals surface area (Å²) in [7, 11) is -3.05. The zero-order valence-electron chi connectivity index (χ0n) is 21.4. The molecule has 3 aliphatic rings. The Hall–Kier alpha value is -3.56. The Bertz CT molecular complexity index is 1600. The number of aromatic nitrogens is 4. The fraction of sp³-hybridized carbons (Fsp3) is 0.417. The number of carbonyl (C=O) groups excluding carboxylic acids is 1. The van der Waals surface area contributed by atoms with Crippen LogP contribution in [0.1, 0.15) is 31.0 Å². The number of nitrogens with two attached hydrogens (primary N) is 1. The van der Waals surface area contributed by atoms with E-state index in [1.165, 1.54) is 24.4 Å². The van der Waals surface area contributed by atoms with E-state index in [2.05, 4.69) is 19.9 Å². The van der Waals surface area contributed by atoms with Crippen LogP contribution in [-0.2, 0) is 31.4 Å². The largest absolute Gasteiger partial charge is 0.492 e. The number of rotatable bonds is 6. The lowest BCUT2D eigenvalue weighted by atomic mass is 9.70. The van der Waals surface area contributed by atoms with Crippen molar-refractivity contribution in [2.75, 3.05) is 12.3 Å². The Labute approximate surface area is 221 Å². The average Bonchev–Trinajstić information content (AvgIpc) is 3.46. The number of hydrogen-bond acceptors (Lipinski definition) is 9. The van der Waals surface area contributed by atoms with Gasteiger partial charge in [-0.2, -0.15) is 18.3 Å². The Morgan fingerprint density at radius 1 is 1.23 bits per heavy atom. The van der Waals surface area contributed by atoms with Gasteiger partial charge in [-0.3, -0.25) is 4.68 Å². The van der Waals surface area contributed by atoms with E-state index in [4.69, 9.17) is 10.5 Å². The summed E-state index contributed by atoms with van der Waals surface area (Å²) in [6.07, 6.45) is -2.18. The molecule has 2 N–H and O–H groups in total. The molecule has 1 aliphatic carbocycles. The van der Waals surface area contributed by atoms with E-state index >= 15 is 0 Å². The molecule has 2 bridgehead atoms. The van der Waals surface area contributed by atoms with Gasteiger partial charge in [-0.05, 0) is 42.9 Å². The lowest BCUT2D eigenvalue weighted by Crippen LogP contribution is -2.61. The zero-order chi connectivity index (χ0) is 28.5. The SMILES string of the molecule is Cc1ccc(S(=O)(=O)N(OC(=O)C(F)(F)F)C23COC(C)(C2)C3)cc1-c1cnc(N)c(-c2cn(C)nc2C)n1. The maximum atomic E-state index is 13.8. The first-order chi connectivity index (χ1) is 18.0. The van der Waals surface area contributed by atoms with Crippen LogP contribution in [0.4, 0.5) is 19.0 Å². The second-order valence-corrected chi connectivity index (χ2v) is 11.9. The molecular formula is C24H25F3N6O5S. The second kappa shape index (κ2) is 8.72. The Morgan fingerprint density at radius 3 is 2.49 bits per heavy atom. The number of hydroxylamine groups is 1. The van der Waals surface area contributed by atoms with E-state index in [1.54, 1.807) is 38.7 Å². The van der Waals surface area contributed by atoms with Gasteiger partial charge in [0.15, 0.2) is 0 Å². The number of nitrogen functional groups attached to an aromatic ring is 1. The molecule has 6 rings (SSSR count). The average molecular weight is 567 g/mol. The molecule has 0 unspecified atom stereocenters. The molecule has 11 nitrogen and oxygen atoms in total. The molecule has 208 valence electrons. The van der Waals surface area contributed by atoms with Crippen molar-refractivity contribution in [2.24, 2.45) is 7.05 Å². The predicted octanol–water partition coefficient (Wildman–Crippen LogP) is 3.08. The topological polar surface area (TPSA) is 143 Å². The monoisotopic (exact) mass is 566 g/mol. The number of ether oxygens (including phenoxy) is 1. The minimum Gasteiger partial charge on any atom is -0.382 e. The summed E-state index contributed by atoms with van der Waals surface area (Å²) >= 11 is 0. The van der Waals surface area contributed by atoms with E-state index in [-0.39, 0.29) is 35.4 Å². The highest BCUT2D eigenvalue weighted by atomic mass is 32.2. The number of alkyl halides is 3. The number of nitrogens with zero attached hydrogens (tertiary/aromatic N) is 5. The molecule has 0 spiro atoms. The summed E-state index contributed by atoms with van der Waals surface area (Å²) in [6, 6.07) is 3.96. The van der Waals surface area contributed by atoms with Crippen LogP contribution in [0, 0.1) is 13.8 Å². The molecule has 1 aromatic carbocycles. The normalized spacial score (nSPS) is 22.7. The first-order valence-corrected chi connectivity index (χ1v) is 13.2. The highest BCUT2D eigenvalue weighted by molar-refractivity contribution is 7.89. The van der Waals surface area contributed by atoms with Crippen molar-refractivity contribution in [3.8, 4) is 22.5 Å². The van der Waals surface area contributed by atoms with Gasteiger partial charge in [-0.15, -0.1) is 0 Å². The molecule has 2 aromatic heterocycles. The van der Waals surface area contributed by atoms with E-state index in [1.807, 2.05) is 0 Å². The van der Waals surface area contributed by atoms with Crippen LogP contribution in [-0.4, -0.2) is 62.5 Å². The van der Waals surface area contributed by atoms with Crippen molar-refractivity contribution in [3.05, 3.63) is 41.9 Å². The molecule has 2 aliphatic heterocycles. The highest BCUT2D eigenvalue weighted by Gasteiger charge is 2.67. The Kier molecular flexibility index (Phi) is 6.05. The van der Waals surface area contributed by atoms with Crippen molar-refractivity contribution in [2.45, 2.75) is 55.8 Å². The van der Waals surface area contributed by atoms with Gasteiger partial charge in [0, 0.05) is 37.2 Å². The molecule has 39 heavy (non-hydrogen) atoms. The van der Waals surface area contributed by atoms with Gasteiger partial charge in [-0.25, -0.2) is 23.2 Å². The van der Waals surface area contributed by atoms with Gasteiger partial charge >= 0.3 is 12.1 Å². The maximum Gasteiger partial charge on any atom is 0.492 e. The third-order valence-corrected chi connectivity index (χ3v) is 8.70. The second-order valence-electron chi connectivity index (χ2n) is 10.2. The van der Waals surface area contributed by atoms with Gasteiger partial charge in [0.25, 0.3) is 10.0 Å². The number of anilines is 1.